The highest BCUT2D eigenvalue weighted by atomic mass is 35.5. The highest BCUT2D eigenvalue weighted by molar-refractivity contribution is 6.42. The van der Waals surface area contributed by atoms with Gasteiger partial charge < -0.3 is 39.6 Å². The van der Waals surface area contributed by atoms with Gasteiger partial charge in [-0.15, -0.1) is 11.6 Å². The molecule has 0 N–H and O–H groups in total. The summed E-state index contributed by atoms with van der Waals surface area (Å²) in [6.45, 7) is 1.04. The zero-order valence-electron chi connectivity index (χ0n) is 11.4. The lowest BCUT2D eigenvalue weighted by molar-refractivity contribution is -0.351. The fraction of sp³-hybridized carbons (Fsp3) is 0.538. The summed E-state index contributed by atoms with van der Waals surface area (Å²) in [5.41, 5.74) is -2.03. The number of carboxylic acid groups (broad SMARTS) is 4. The van der Waals surface area contributed by atoms with Crippen LogP contribution in [-0.2, 0) is 19.2 Å². The zero-order valence-corrected chi connectivity index (χ0v) is 12.9. The van der Waals surface area contributed by atoms with Crippen LogP contribution in [0.3, 0.4) is 0 Å². The number of rotatable bonds is 4. The van der Waals surface area contributed by atoms with Crippen LogP contribution in [0.2, 0.25) is 0 Å². The summed E-state index contributed by atoms with van der Waals surface area (Å²) >= 11 is 12.0. The summed E-state index contributed by atoms with van der Waals surface area (Å²) in [5.74, 6) is -16.0. The van der Waals surface area contributed by atoms with Gasteiger partial charge in [0.2, 0.25) is 0 Å². The third-order valence-corrected chi connectivity index (χ3v) is 5.92. The molecule has 0 aromatic heterocycles. The molecule has 2 bridgehead atoms. The van der Waals surface area contributed by atoms with Crippen molar-refractivity contribution in [2.45, 2.75) is 11.8 Å². The number of carbonyl (C=O) groups excluding carboxylic acids is 4. The first-order chi connectivity index (χ1) is 10.4. The molecule has 0 aromatic rings. The maximum absolute atomic E-state index is 11.4. The van der Waals surface area contributed by atoms with Crippen LogP contribution in [0, 0.1) is 29.1 Å². The van der Waals surface area contributed by atoms with Gasteiger partial charge in [-0.25, -0.2) is 0 Å². The summed E-state index contributed by atoms with van der Waals surface area (Å²) in [6, 6.07) is 0. The van der Waals surface area contributed by atoms with Crippen LogP contribution < -0.4 is 20.4 Å². The second-order valence-corrected chi connectivity index (χ2v) is 6.85. The molecule has 0 heterocycles. The molecule has 6 atom stereocenters. The lowest BCUT2D eigenvalue weighted by Crippen LogP contribution is -2.74. The van der Waals surface area contributed by atoms with Gasteiger partial charge in [0.15, 0.2) is 0 Å². The molecule has 0 radical (unpaired) electrons. The van der Waals surface area contributed by atoms with E-state index in [-0.39, 0.29) is 0 Å². The van der Waals surface area contributed by atoms with E-state index in [1.165, 1.54) is 0 Å². The predicted octanol–water partition coefficient (Wildman–Crippen LogP) is -4.42. The number of aliphatic carboxylic acids is 4. The molecule has 126 valence electrons. The smallest absolute Gasteiger partial charge is 0.0970 e. The first-order valence-electron chi connectivity index (χ1n) is 6.31. The van der Waals surface area contributed by atoms with E-state index >= 15 is 0 Å². The van der Waals surface area contributed by atoms with Gasteiger partial charge in [0, 0.05) is 58.0 Å². The van der Waals surface area contributed by atoms with Gasteiger partial charge in [0.1, 0.15) is 0 Å². The Hall–Kier alpha value is -1.80. The molecule has 0 spiro atoms. The fourth-order valence-electron chi connectivity index (χ4n) is 3.85. The quantitative estimate of drug-likeness (QED) is 0.452. The standard InChI is InChI=1S/C13H12Cl2O8/c1-12-2-3(14)13(15,6(10(20)21)4(12)8(16)17)7(11(22)23)5(12)9(18)19/h2,4-7H,1H3,(H,16,17)(H,18,19)(H,20,21)(H,22,23)/p-4/t4-,5+,6-,7-,12?,13?/m0/s1. The van der Waals surface area contributed by atoms with Crippen LogP contribution in [0.1, 0.15) is 6.92 Å². The topological polar surface area (TPSA) is 161 Å². The second kappa shape index (κ2) is 5.10. The minimum atomic E-state index is -2.56. The SMILES string of the molecule is CC12C=C(Cl)C(Cl)([C@H](C(=O)[O-])[C@H]1C(=O)[O-])[C@H](C(=O)[O-])[C@@H]2C(=O)[O-]. The van der Waals surface area contributed by atoms with Crippen LogP contribution in [0.5, 0.6) is 0 Å². The Bertz CT molecular complexity index is 614. The van der Waals surface area contributed by atoms with Gasteiger partial charge in [0.25, 0.3) is 0 Å². The molecule has 0 amide bonds. The number of halogens is 2. The monoisotopic (exact) mass is 362 g/mol. The predicted molar refractivity (Wildman–Crippen MR) is 64.6 cm³/mol. The van der Waals surface area contributed by atoms with Crippen LogP contribution in [0.4, 0.5) is 0 Å². The fourth-order valence-corrected chi connectivity index (χ4v) is 4.80. The molecule has 8 nitrogen and oxygen atoms in total. The van der Waals surface area contributed by atoms with Crippen molar-refractivity contribution in [1.82, 2.24) is 0 Å². The summed E-state index contributed by atoms with van der Waals surface area (Å²) in [6.07, 6.45) is 0.932. The van der Waals surface area contributed by atoms with Crippen molar-refractivity contribution >= 4 is 47.1 Å². The number of allylic oxidation sites excluding steroid dienone is 2. The van der Waals surface area contributed by atoms with E-state index in [2.05, 4.69) is 0 Å². The van der Waals surface area contributed by atoms with Gasteiger partial charge in [-0.1, -0.05) is 24.6 Å². The van der Waals surface area contributed by atoms with Crippen molar-refractivity contribution < 1.29 is 39.6 Å². The van der Waals surface area contributed by atoms with Crippen molar-refractivity contribution in [3.63, 3.8) is 0 Å². The lowest BCUT2D eigenvalue weighted by Gasteiger charge is -2.64. The van der Waals surface area contributed by atoms with E-state index in [9.17, 15) is 39.6 Å². The molecule has 1 fully saturated rings. The highest BCUT2D eigenvalue weighted by Gasteiger charge is 2.68. The number of carbonyl (C=O) groups is 4. The third kappa shape index (κ3) is 2.05. The number of carboxylic acids is 4. The first-order valence-corrected chi connectivity index (χ1v) is 7.07. The molecular weight excluding hydrogens is 355 g/mol. The molecule has 1 saturated carbocycles. The lowest BCUT2D eigenvalue weighted by atomic mass is 9.46. The van der Waals surface area contributed by atoms with E-state index in [1.54, 1.807) is 0 Å². The maximum Gasteiger partial charge on any atom is 0.0970 e. The normalized spacial score (nSPS) is 42.0. The molecule has 2 unspecified atom stereocenters. The summed E-state index contributed by atoms with van der Waals surface area (Å²) in [7, 11) is 0. The Labute approximate surface area is 139 Å². The van der Waals surface area contributed by atoms with Crippen molar-refractivity contribution in [3.05, 3.63) is 11.1 Å². The zero-order chi connectivity index (χ0) is 17.9. The molecule has 3 rings (SSSR count). The maximum atomic E-state index is 11.4. The average molecular weight is 363 g/mol. The van der Waals surface area contributed by atoms with Crippen LogP contribution in [-0.4, -0.2) is 28.8 Å². The molecule has 0 aliphatic heterocycles. The van der Waals surface area contributed by atoms with Gasteiger partial charge in [-0.2, -0.15) is 0 Å². The minimum absolute atomic E-state index is 0.500. The van der Waals surface area contributed by atoms with Crippen molar-refractivity contribution in [3.8, 4) is 0 Å². The Kier molecular flexibility index (Phi) is 3.89. The van der Waals surface area contributed by atoms with Crippen LogP contribution in [0.25, 0.3) is 0 Å². The molecule has 0 saturated heterocycles. The number of hydrogen-bond acceptors (Lipinski definition) is 8. The molecule has 10 heteroatoms. The summed E-state index contributed by atoms with van der Waals surface area (Å²) in [5, 5.41) is 45.3. The first kappa shape index (κ1) is 17.6. The van der Waals surface area contributed by atoms with Gasteiger partial charge in [0.05, 0.1) is 4.87 Å². The third-order valence-electron chi connectivity index (χ3n) is 4.73. The van der Waals surface area contributed by atoms with E-state index in [0.717, 1.165) is 13.0 Å². The largest absolute Gasteiger partial charge is 0.550 e. The average Bonchev–Trinajstić information content (AvgIpc) is 2.36. The van der Waals surface area contributed by atoms with E-state index in [1.807, 2.05) is 0 Å². The highest BCUT2D eigenvalue weighted by Crippen LogP contribution is 2.65. The molecule has 23 heavy (non-hydrogen) atoms. The molecule has 3 aliphatic carbocycles. The van der Waals surface area contributed by atoms with Gasteiger partial charge >= 0.3 is 0 Å². The van der Waals surface area contributed by atoms with Gasteiger partial charge in [-0.3, -0.25) is 0 Å². The van der Waals surface area contributed by atoms with Crippen molar-refractivity contribution in [1.29, 1.82) is 0 Å². The molecular formula is C13H8Cl2O8-4. The molecule has 3 aliphatic rings. The van der Waals surface area contributed by atoms with Crippen molar-refractivity contribution in [2.24, 2.45) is 29.1 Å². The Balaban J connectivity index is 2.88. The second-order valence-electron chi connectivity index (χ2n) is 5.81. The van der Waals surface area contributed by atoms with Crippen LogP contribution >= 0.6 is 23.2 Å². The van der Waals surface area contributed by atoms with Gasteiger partial charge in [-0.05, 0) is 0 Å². The van der Waals surface area contributed by atoms with Crippen molar-refractivity contribution in [2.75, 3.05) is 0 Å². The number of fused-ring (bicyclic) bond motifs is 2. The number of hydrogen-bond donors (Lipinski definition) is 0. The minimum Gasteiger partial charge on any atom is -0.550 e. The Morgan fingerprint density at radius 3 is 1.43 bits per heavy atom. The summed E-state index contributed by atoms with van der Waals surface area (Å²) in [4.78, 5) is 43.2. The Morgan fingerprint density at radius 2 is 1.17 bits per heavy atom. The van der Waals surface area contributed by atoms with Crippen LogP contribution in [0.15, 0.2) is 11.1 Å². The summed E-state index contributed by atoms with van der Waals surface area (Å²) < 4.78 is 0. The van der Waals surface area contributed by atoms with E-state index in [4.69, 9.17) is 23.2 Å². The van der Waals surface area contributed by atoms with E-state index in [0.29, 0.717) is 0 Å². The Morgan fingerprint density at radius 1 is 0.870 bits per heavy atom. The molecule has 0 aromatic carbocycles. The number of alkyl halides is 1. The van der Waals surface area contributed by atoms with E-state index < -0.39 is 62.9 Å².